The molecule has 3 N–H and O–H groups in total. The smallest absolute Gasteiger partial charge is 0.339 e. The fourth-order valence-corrected chi connectivity index (χ4v) is 3.47. The van der Waals surface area contributed by atoms with Gasteiger partial charge in [0.15, 0.2) is 5.82 Å². The van der Waals surface area contributed by atoms with Crippen LogP contribution >= 0.6 is 11.6 Å². The molecule has 4 rings (SSSR count). The van der Waals surface area contributed by atoms with Crippen molar-refractivity contribution in [3.05, 3.63) is 88.8 Å². The fraction of sp³-hybridized carbons (Fsp3) is 0.125. The molecule has 0 radical (unpaired) electrons. The number of amides is 2. The van der Waals surface area contributed by atoms with Crippen LogP contribution in [0.5, 0.6) is 0 Å². The van der Waals surface area contributed by atoms with Gasteiger partial charge in [-0.3, -0.25) is 9.59 Å². The molecule has 9 nitrogen and oxygen atoms in total. The van der Waals surface area contributed by atoms with E-state index in [1.54, 1.807) is 18.2 Å². The van der Waals surface area contributed by atoms with Crippen LogP contribution in [0.25, 0.3) is 11.0 Å². The van der Waals surface area contributed by atoms with Gasteiger partial charge in [-0.1, -0.05) is 41.9 Å². The molecule has 0 saturated heterocycles. The van der Waals surface area contributed by atoms with E-state index < -0.39 is 23.8 Å². The predicted molar refractivity (Wildman–Crippen MR) is 127 cm³/mol. The number of pyridine rings is 1. The van der Waals surface area contributed by atoms with E-state index in [1.807, 2.05) is 30.3 Å². The second-order valence-electron chi connectivity index (χ2n) is 7.38. The number of nitrogens with zero attached hydrogens (tertiary/aromatic N) is 2. The predicted octanol–water partition coefficient (Wildman–Crippen LogP) is 3.38. The number of rotatable bonds is 7. The van der Waals surface area contributed by atoms with Gasteiger partial charge in [0.05, 0.1) is 23.7 Å². The zero-order valence-corrected chi connectivity index (χ0v) is 18.8. The molecule has 0 fully saturated rings. The normalized spacial score (nSPS) is 11.6. The van der Waals surface area contributed by atoms with Crippen LogP contribution in [-0.4, -0.2) is 45.9 Å². The number of halogens is 1. The van der Waals surface area contributed by atoms with E-state index in [4.69, 9.17) is 11.6 Å². The lowest BCUT2D eigenvalue weighted by Gasteiger charge is -2.18. The third-order valence-corrected chi connectivity index (χ3v) is 5.23. The van der Waals surface area contributed by atoms with E-state index in [1.165, 1.54) is 25.4 Å². The molecule has 0 aliphatic rings. The van der Waals surface area contributed by atoms with Crippen molar-refractivity contribution in [2.75, 3.05) is 12.4 Å². The minimum absolute atomic E-state index is 0.0590. The van der Waals surface area contributed by atoms with Crippen molar-refractivity contribution in [2.24, 2.45) is 0 Å². The highest BCUT2D eigenvalue weighted by Crippen LogP contribution is 2.17. The van der Waals surface area contributed by atoms with Gasteiger partial charge in [0.2, 0.25) is 5.91 Å². The second-order valence-corrected chi connectivity index (χ2v) is 7.81. The minimum atomic E-state index is -0.922. The first kappa shape index (κ1) is 22.9. The molecule has 0 unspecified atom stereocenters. The van der Waals surface area contributed by atoms with Crippen LogP contribution in [0.4, 0.5) is 5.82 Å². The Balaban J connectivity index is 1.53. The summed E-state index contributed by atoms with van der Waals surface area (Å²) in [6.45, 7) is 0. The molecule has 2 heterocycles. The largest absolute Gasteiger partial charge is 0.465 e. The Morgan fingerprint density at radius 2 is 1.88 bits per heavy atom. The molecule has 0 aliphatic heterocycles. The highest BCUT2D eigenvalue weighted by Gasteiger charge is 2.24. The van der Waals surface area contributed by atoms with E-state index in [2.05, 4.69) is 30.3 Å². The lowest BCUT2D eigenvalue weighted by atomic mass is 10.1. The number of aromatic amines is 1. The molecule has 0 aliphatic carbocycles. The van der Waals surface area contributed by atoms with Gasteiger partial charge < -0.3 is 20.4 Å². The van der Waals surface area contributed by atoms with Gasteiger partial charge in [-0.05, 0) is 35.9 Å². The Bertz CT molecular complexity index is 1340. The van der Waals surface area contributed by atoms with Crippen LogP contribution in [0.1, 0.15) is 26.5 Å². The third-order valence-electron chi connectivity index (χ3n) is 5.00. The summed E-state index contributed by atoms with van der Waals surface area (Å²) in [5, 5.41) is 5.92. The summed E-state index contributed by atoms with van der Waals surface area (Å²) in [4.78, 5) is 48.9. The van der Waals surface area contributed by atoms with Crippen molar-refractivity contribution in [3.63, 3.8) is 0 Å². The molecule has 0 spiro atoms. The summed E-state index contributed by atoms with van der Waals surface area (Å²) in [5.74, 6) is -1.27. The summed E-state index contributed by atoms with van der Waals surface area (Å²) >= 11 is 6.00. The molecule has 2 amide bonds. The van der Waals surface area contributed by atoms with Crippen molar-refractivity contribution in [1.29, 1.82) is 0 Å². The number of ether oxygens (including phenoxy) is 1. The highest BCUT2D eigenvalue weighted by atomic mass is 35.5. The van der Waals surface area contributed by atoms with Crippen molar-refractivity contribution in [1.82, 2.24) is 20.3 Å². The lowest BCUT2D eigenvalue weighted by Crippen LogP contribution is -2.45. The average Bonchev–Trinajstić information content (AvgIpc) is 3.27. The summed E-state index contributed by atoms with van der Waals surface area (Å²) < 4.78 is 4.65. The van der Waals surface area contributed by atoms with Gasteiger partial charge >= 0.3 is 5.97 Å². The SMILES string of the molecule is COC(=O)c1ccc(NC(=O)[C@H](Cc2ccccc2)NC(=O)c2nc3ccc(Cl)cc3[nH]2)nc1. The molecule has 1 atom stereocenters. The quantitative estimate of drug-likeness (QED) is 0.350. The molecule has 2 aromatic carbocycles. The first-order valence-corrected chi connectivity index (χ1v) is 10.7. The van der Waals surface area contributed by atoms with Crippen LogP contribution in [-0.2, 0) is 16.0 Å². The molecule has 4 aromatic rings. The number of carbonyl (C=O) groups is 3. The van der Waals surface area contributed by atoms with Gasteiger partial charge in [0.25, 0.3) is 5.91 Å². The van der Waals surface area contributed by atoms with Crippen molar-refractivity contribution >= 4 is 46.2 Å². The molecule has 0 bridgehead atoms. The first-order chi connectivity index (χ1) is 16.4. The number of H-pyrrole nitrogens is 1. The van der Waals surface area contributed by atoms with Crippen molar-refractivity contribution < 1.29 is 19.1 Å². The fourth-order valence-electron chi connectivity index (χ4n) is 3.29. The summed E-state index contributed by atoms with van der Waals surface area (Å²) in [7, 11) is 1.27. The molecule has 0 saturated carbocycles. The van der Waals surface area contributed by atoms with Gasteiger partial charge in [0, 0.05) is 17.6 Å². The molecule has 10 heteroatoms. The molecule has 172 valence electrons. The number of imidazole rings is 1. The number of hydrogen-bond acceptors (Lipinski definition) is 6. The summed E-state index contributed by atoms with van der Waals surface area (Å²) in [5.41, 5.74) is 2.29. The number of benzene rings is 2. The van der Waals surface area contributed by atoms with E-state index in [0.29, 0.717) is 16.1 Å². The van der Waals surface area contributed by atoms with E-state index in [0.717, 1.165) is 5.56 Å². The van der Waals surface area contributed by atoms with Gasteiger partial charge in [0.1, 0.15) is 11.9 Å². The maximum Gasteiger partial charge on any atom is 0.339 e. The molecule has 2 aromatic heterocycles. The van der Waals surface area contributed by atoms with Crippen LogP contribution in [0.3, 0.4) is 0 Å². The number of aromatic nitrogens is 3. The number of methoxy groups -OCH3 is 1. The zero-order chi connectivity index (χ0) is 24.1. The topological polar surface area (TPSA) is 126 Å². The maximum absolute atomic E-state index is 13.1. The summed E-state index contributed by atoms with van der Waals surface area (Å²) in [6, 6.07) is 16.4. The minimum Gasteiger partial charge on any atom is -0.465 e. The van der Waals surface area contributed by atoms with E-state index in [9.17, 15) is 14.4 Å². The van der Waals surface area contributed by atoms with Crippen molar-refractivity contribution in [2.45, 2.75) is 12.5 Å². The van der Waals surface area contributed by atoms with Crippen LogP contribution in [0, 0.1) is 0 Å². The molecular formula is C24H20ClN5O4. The number of fused-ring (bicyclic) bond motifs is 1. The number of nitrogens with one attached hydrogen (secondary N) is 3. The Labute approximate surface area is 199 Å². The van der Waals surface area contributed by atoms with E-state index >= 15 is 0 Å². The monoisotopic (exact) mass is 477 g/mol. The van der Waals surface area contributed by atoms with E-state index in [-0.39, 0.29) is 23.6 Å². The number of hydrogen-bond donors (Lipinski definition) is 3. The molecular weight excluding hydrogens is 458 g/mol. The number of carbonyl (C=O) groups excluding carboxylic acids is 3. The zero-order valence-electron chi connectivity index (χ0n) is 18.0. The Morgan fingerprint density at radius 1 is 1.09 bits per heavy atom. The van der Waals surface area contributed by atoms with Gasteiger partial charge in [-0.25, -0.2) is 14.8 Å². The highest BCUT2D eigenvalue weighted by molar-refractivity contribution is 6.31. The number of esters is 1. The third kappa shape index (κ3) is 5.38. The Kier molecular flexibility index (Phi) is 6.84. The van der Waals surface area contributed by atoms with Gasteiger partial charge in [-0.15, -0.1) is 0 Å². The van der Waals surface area contributed by atoms with Crippen LogP contribution in [0.2, 0.25) is 5.02 Å². The van der Waals surface area contributed by atoms with Crippen molar-refractivity contribution in [3.8, 4) is 0 Å². The van der Waals surface area contributed by atoms with Crippen LogP contribution < -0.4 is 10.6 Å². The first-order valence-electron chi connectivity index (χ1n) is 10.3. The maximum atomic E-state index is 13.1. The average molecular weight is 478 g/mol. The van der Waals surface area contributed by atoms with Gasteiger partial charge in [-0.2, -0.15) is 0 Å². The Morgan fingerprint density at radius 3 is 2.59 bits per heavy atom. The lowest BCUT2D eigenvalue weighted by molar-refractivity contribution is -0.118. The standard InChI is InChI=1S/C24H20ClN5O4/c1-34-24(33)15-7-10-20(26-13-15)30-22(31)19(11-14-5-3-2-4-6-14)29-23(32)21-27-17-9-8-16(25)12-18(17)28-21/h2-10,12-13,19H,11H2,1H3,(H,27,28)(H,29,32)(H,26,30,31)/t19-/m0/s1. The second kappa shape index (κ2) is 10.1. The number of anilines is 1. The molecule has 34 heavy (non-hydrogen) atoms. The summed E-state index contributed by atoms with van der Waals surface area (Å²) in [6.07, 6.45) is 1.54. The van der Waals surface area contributed by atoms with Crippen LogP contribution in [0.15, 0.2) is 66.9 Å². The Hall–Kier alpha value is -4.24.